The smallest absolute Gasteiger partial charge is 0.275 e. The summed E-state index contributed by atoms with van der Waals surface area (Å²) in [5.74, 6) is -0.431. The van der Waals surface area contributed by atoms with Crippen LogP contribution in [-0.2, 0) is 0 Å². The van der Waals surface area contributed by atoms with E-state index in [2.05, 4.69) is 21.0 Å². The number of benzene rings is 1. The number of amides is 1. The van der Waals surface area contributed by atoms with Gasteiger partial charge in [0, 0.05) is 24.8 Å². The molecule has 0 bridgehead atoms. The molecule has 2 aromatic rings. The van der Waals surface area contributed by atoms with Crippen molar-refractivity contribution in [3.05, 3.63) is 46.4 Å². The van der Waals surface area contributed by atoms with Gasteiger partial charge in [-0.3, -0.25) is 4.79 Å². The van der Waals surface area contributed by atoms with E-state index in [1.807, 2.05) is 11.8 Å². The zero-order valence-electron chi connectivity index (χ0n) is 13.5. The molecule has 2 unspecified atom stereocenters. The van der Waals surface area contributed by atoms with E-state index in [4.69, 9.17) is 5.73 Å². The summed E-state index contributed by atoms with van der Waals surface area (Å²) >= 11 is 3.42. The van der Waals surface area contributed by atoms with Crippen LogP contribution in [0.3, 0.4) is 0 Å². The number of hydrogen-bond acceptors (Lipinski definition) is 3. The largest absolute Gasteiger partial charge is 0.333 e. The number of piperidine rings is 1. The summed E-state index contributed by atoms with van der Waals surface area (Å²) < 4.78 is 15.3. The minimum absolute atomic E-state index is 0.0362. The van der Waals surface area contributed by atoms with Crippen molar-refractivity contribution in [2.24, 2.45) is 5.73 Å². The number of carbonyl (C=O) groups is 1. The molecule has 1 amide bonds. The van der Waals surface area contributed by atoms with E-state index in [9.17, 15) is 9.18 Å². The van der Waals surface area contributed by atoms with Crippen molar-refractivity contribution in [1.82, 2.24) is 14.7 Å². The van der Waals surface area contributed by atoms with Gasteiger partial charge in [-0.2, -0.15) is 5.10 Å². The van der Waals surface area contributed by atoms with E-state index in [-0.39, 0.29) is 23.8 Å². The summed E-state index contributed by atoms with van der Waals surface area (Å²) in [4.78, 5) is 14.8. The van der Waals surface area contributed by atoms with Gasteiger partial charge in [-0.25, -0.2) is 9.07 Å². The summed E-state index contributed by atoms with van der Waals surface area (Å²) in [6.45, 7) is 2.63. The van der Waals surface area contributed by atoms with Gasteiger partial charge in [-0.15, -0.1) is 0 Å². The Morgan fingerprint density at radius 3 is 2.75 bits per heavy atom. The summed E-state index contributed by atoms with van der Waals surface area (Å²) in [6, 6.07) is 5.93. The van der Waals surface area contributed by atoms with Gasteiger partial charge < -0.3 is 10.6 Å². The van der Waals surface area contributed by atoms with Crippen LogP contribution in [0.5, 0.6) is 0 Å². The van der Waals surface area contributed by atoms with Crippen LogP contribution < -0.4 is 5.73 Å². The first-order chi connectivity index (χ1) is 11.5. The number of rotatable bonds is 3. The number of carbonyl (C=O) groups excluding carboxylic acids is 1. The normalized spacial score (nSPS) is 19.3. The Labute approximate surface area is 148 Å². The van der Waals surface area contributed by atoms with Crippen molar-refractivity contribution < 1.29 is 9.18 Å². The van der Waals surface area contributed by atoms with Crippen LogP contribution in [0.1, 0.15) is 36.7 Å². The third-order valence-electron chi connectivity index (χ3n) is 4.38. The molecular formula is C17H20BrFN4O. The molecule has 1 aromatic carbocycles. The molecule has 7 heteroatoms. The summed E-state index contributed by atoms with van der Waals surface area (Å²) in [5, 5.41) is 4.39. The molecule has 0 spiro atoms. The maximum absolute atomic E-state index is 13.1. The Kier molecular flexibility index (Phi) is 5.01. The van der Waals surface area contributed by atoms with Gasteiger partial charge in [-0.1, -0.05) is 0 Å². The monoisotopic (exact) mass is 394 g/mol. The van der Waals surface area contributed by atoms with Crippen LogP contribution in [0.2, 0.25) is 0 Å². The van der Waals surface area contributed by atoms with Crippen LogP contribution in [0.15, 0.2) is 34.9 Å². The number of nitrogens with two attached hydrogens (primary N) is 1. The van der Waals surface area contributed by atoms with E-state index in [1.54, 1.807) is 23.0 Å². The molecule has 2 N–H and O–H groups in total. The summed E-state index contributed by atoms with van der Waals surface area (Å²) in [6.07, 6.45) is 4.69. The van der Waals surface area contributed by atoms with E-state index >= 15 is 0 Å². The molecule has 2 atom stereocenters. The summed E-state index contributed by atoms with van der Waals surface area (Å²) in [5.41, 5.74) is 7.10. The Balaban J connectivity index is 1.89. The topological polar surface area (TPSA) is 64.2 Å². The Hall–Kier alpha value is -1.73. The van der Waals surface area contributed by atoms with Gasteiger partial charge in [0.25, 0.3) is 5.91 Å². The van der Waals surface area contributed by atoms with Crippen molar-refractivity contribution in [3.63, 3.8) is 0 Å². The number of hydrogen-bond donors (Lipinski definition) is 1. The van der Waals surface area contributed by atoms with Gasteiger partial charge in [0.2, 0.25) is 0 Å². The average molecular weight is 395 g/mol. The fourth-order valence-corrected chi connectivity index (χ4v) is 3.56. The van der Waals surface area contributed by atoms with E-state index in [0.717, 1.165) is 19.3 Å². The first kappa shape index (κ1) is 17.1. The quantitative estimate of drug-likeness (QED) is 0.869. The molecule has 0 radical (unpaired) electrons. The highest BCUT2D eigenvalue weighted by Gasteiger charge is 2.32. The van der Waals surface area contributed by atoms with Gasteiger partial charge in [0.1, 0.15) is 5.82 Å². The zero-order chi connectivity index (χ0) is 17.3. The third kappa shape index (κ3) is 3.37. The second-order valence-corrected chi connectivity index (χ2v) is 7.02. The van der Waals surface area contributed by atoms with Crippen molar-refractivity contribution >= 4 is 21.8 Å². The first-order valence-electron chi connectivity index (χ1n) is 8.05. The number of halogens is 2. The number of aromatic nitrogens is 2. The molecule has 1 aliphatic heterocycles. The molecular weight excluding hydrogens is 375 g/mol. The molecule has 1 fully saturated rings. The Morgan fingerprint density at radius 1 is 1.38 bits per heavy atom. The van der Waals surface area contributed by atoms with Crippen LogP contribution in [0.4, 0.5) is 4.39 Å². The van der Waals surface area contributed by atoms with Gasteiger partial charge in [0.05, 0.1) is 10.2 Å². The fraction of sp³-hybridized carbons (Fsp3) is 0.412. The van der Waals surface area contributed by atoms with Crippen molar-refractivity contribution in [2.75, 3.05) is 6.54 Å². The van der Waals surface area contributed by atoms with E-state index in [1.165, 1.54) is 12.1 Å². The molecule has 1 aliphatic rings. The van der Waals surface area contributed by atoms with Gasteiger partial charge >= 0.3 is 0 Å². The fourth-order valence-electron chi connectivity index (χ4n) is 3.12. The van der Waals surface area contributed by atoms with Gasteiger partial charge in [0.15, 0.2) is 5.69 Å². The van der Waals surface area contributed by atoms with Crippen molar-refractivity contribution in [1.29, 1.82) is 0 Å². The molecule has 24 heavy (non-hydrogen) atoms. The molecule has 128 valence electrons. The Bertz CT molecular complexity index is 729. The predicted octanol–water partition coefficient (Wildman–Crippen LogP) is 3.12. The highest BCUT2D eigenvalue weighted by molar-refractivity contribution is 9.10. The Morgan fingerprint density at radius 2 is 2.08 bits per heavy atom. The minimum Gasteiger partial charge on any atom is -0.333 e. The minimum atomic E-state index is -0.311. The molecule has 0 aliphatic carbocycles. The predicted molar refractivity (Wildman–Crippen MR) is 93.5 cm³/mol. The van der Waals surface area contributed by atoms with E-state index in [0.29, 0.717) is 22.4 Å². The molecule has 1 saturated heterocycles. The van der Waals surface area contributed by atoms with Crippen molar-refractivity contribution in [2.45, 2.75) is 38.3 Å². The van der Waals surface area contributed by atoms with E-state index < -0.39 is 0 Å². The maximum atomic E-state index is 13.1. The lowest BCUT2D eigenvalue weighted by atomic mass is 9.96. The molecule has 5 nitrogen and oxygen atoms in total. The lowest BCUT2D eigenvalue weighted by Crippen LogP contribution is -2.51. The maximum Gasteiger partial charge on any atom is 0.275 e. The molecule has 0 saturated carbocycles. The molecule has 1 aromatic heterocycles. The van der Waals surface area contributed by atoms with Crippen LogP contribution in [0.25, 0.3) is 5.69 Å². The second kappa shape index (κ2) is 7.03. The van der Waals surface area contributed by atoms with Crippen molar-refractivity contribution in [3.8, 4) is 5.69 Å². The highest BCUT2D eigenvalue weighted by Crippen LogP contribution is 2.25. The third-order valence-corrected chi connectivity index (χ3v) is 4.96. The van der Waals surface area contributed by atoms with Crippen LogP contribution in [0, 0.1) is 5.82 Å². The summed E-state index contributed by atoms with van der Waals surface area (Å²) in [7, 11) is 0. The van der Waals surface area contributed by atoms with Crippen LogP contribution in [-0.4, -0.2) is 39.2 Å². The molecule has 3 rings (SSSR count). The second-order valence-electron chi connectivity index (χ2n) is 6.17. The lowest BCUT2D eigenvalue weighted by molar-refractivity contribution is 0.0576. The molecule has 2 heterocycles. The SMILES string of the molecule is CC(N)C1CCCCN1C(=O)c1nn(-c2ccc(F)cc2)cc1Br. The standard InChI is InChI=1S/C17H20BrFN4O/c1-11(20)15-4-2-3-9-22(15)17(24)16-14(18)10-23(21-16)13-7-5-12(19)6-8-13/h5-8,10-11,15H,2-4,9,20H2,1H3. The average Bonchev–Trinajstić information content (AvgIpc) is 2.96. The first-order valence-corrected chi connectivity index (χ1v) is 8.84. The van der Waals surface area contributed by atoms with Crippen LogP contribution >= 0.6 is 15.9 Å². The highest BCUT2D eigenvalue weighted by atomic mass is 79.9. The number of nitrogens with zero attached hydrogens (tertiary/aromatic N) is 3. The zero-order valence-corrected chi connectivity index (χ0v) is 15.0. The lowest BCUT2D eigenvalue weighted by Gasteiger charge is -2.37. The van der Waals surface area contributed by atoms with Gasteiger partial charge in [-0.05, 0) is 66.4 Å². The number of likely N-dealkylation sites (tertiary alicyclic amines) is 1.